The van der Waals surface area contributed by atoms with Crippen molar-refractivity contribution in [1.29, 1.82) is 0 Å². The SMILES string of the molecule is C=C.CCCCCCCCCCCCCCCCCC(N)=O. The lowest BCUT2D eigenvalue weighted by Gasteiger charge is -2.03. The van der Waals surface area contributed by atoms with Gasteiger partial charge in [-0.2, -0.15) is 0 Å². The monoisotopic (exact) mass is 311 g/mol. The standard InChI is InChI=1S/C18H37NO.C2H4/c1-2-3-4-5-6-7-8-9-10-11-12-13-14-15-16-17-18(19)20;1-2/h2-17H2,1H3,(H2,19,20);1-2H2. The average molecular weight is 312 g/mol. The second-order valence-electron chi connectivity index (χ2n) is 6.17. The lowest BCUT2D eigenvalue weighted by molar-refractivity contribution is -0.118. The first-order valence-corrected chi connectivity index (χ1v) is 9.55. The number of primary amides is 1. The summed E-state index contributed by atoms with van der Waals surface area (Å²) < 4.78 is 0. The molecule has 0 heterocycles. The van der Waals surface area contributed by atoms with Gasteiger partial charge in [-0.1, -0.05) is 96.8 Å². The zero-order valence-corrected chi connectivity index (χ0v) is 15.2. The van der Waals surface area contributed by atoms with Crippen LogP contribution in [0.3, 0.4) is 0 Å². The Morgan fingerprint density at radius 2 is 0.909 bits per heavy atom. The molecule has 2 heteroatoms. The maximum Gasteiger partial charge on any atom is 0.217 e. The number of hydrogen-bond donors (Lipinski definition) is 1. The molecule has 0 aliphatic carbocycles. The molecular weight excluding hydrogens is 270 g/mol. The van der Waals surface area contributed by atoms with E-state index in [4.69, 9.17) is 5.73 Å². The van der Waals surface area contributed by atoms with Crippen molar-refractivity contribution in [2.24, 2.45) is 5.73 Å². The Bertz CT molecular complexity index is 216. The van der Waals surface area contributed by atoms with Gasteiger partial charge in [0.1, 0.15) is 0 Å². The van der Waals surface area contributed by atoms with Gasteiger partial charge in [-0.05, 0) is 6.42 Å². The van der Waals surface area contributed by atoms with Crippen LogP contribution in [-0.2, 0) is 4.79 Å². The molecule has 0 bridgehead atoms. The highest BCUT2D eigenvalue weighted by Gasteiger charge is 1.96. The molecule has 0 saturated carbocycles. The van der Waals surface area contributed by atoms with E-state index in [1.807, 2.05) is 0 Å². The third-order valence-electron chi connectivity index (χ3n) is 4.03. The molecule has 0 aliphatic heterocycles. The zero-order chi connectivity index (χ0) is 16.9. The van der Waals surface area contributed by atoms with Crippen molar-refractivity contribution in [1.82, 2.24) is 0 Å². The summed E-state index contributed by atoms with van der Waals surface area (Å²) in [5.74, 6) is -0.153. The smallest absolute Gasteiger partial charge is 0.217 e. The summed E-state index contributed by atoms with van der Waals surface area (Å²) in [5, 5.41) is 0. The molecule has 0 fully saturated rings. The van der Waals surface area contributed by atoms with Crippen molar-refractivity contribution < 1.29 is 4.79 Å². The lowest BCUT2D eigenvalue weighted by atomic mass is 10.0. The molecule has 0 spiro atoms. The molecular formula is C20H41NO. The van der Waals surface area contributed by atoms with E-state index in [0.29, 0.717) is 6.42 Å². The van der Waals surface area contributed by atoms with Crippen molar-refractivity contribution in [3.05, 3.63) is 13.2 Å². The van der Waals surface area contributed by atoms with Gasteiger partial charge < -0.3 is 5.73 Å². The third kappa shape index (κ3) is 24.2. The Balaban J connectivity index is 0. The molecule has 0 atom stereocenters. The van der Waals surface area contributed by atoms with Gasteiger partial charge in [-0.15, -0.1) is 13.2 Å². The second-order valence-corrected chi connectivity index (χ2v) is 6.17. The van der Waals surface area contributed by atoms with Crippen molar-refractivity contribution in [2.75, 3.05) is 0 Å². The fourth-order valence-electron chi connectivity index (χ4n) is 2.67. The summed E-state index contributed by atoms with van der Waals surface area (Å²) in [6.07, 6.45) is 20.9. The van der Waals surface area contributed by atoms with Crippen LogP contribution in [0.15, 0.2) is 13.2 Å². The van der Waals surface area contributed by atoms with Crippen LogP contribution in [0.1, 0.15) is 110 Å². The van der Waals surface area contributed by atoms with Crippen LogP contribution in [-0.4, -0.2) is 5.91 Å². The molecule has 0 aliphatic rings. The van der Waals surface area contributed by atoms with Gasteiger partial charge in [0.15, 0.2) is 0 Å². The fraction of sp³-hybridized carbons (Fsp3) is 0.850. The fourth-order valence-corrected chi connectivity index (χ4v) is 2.67. The largest absolute Gasteiger partial charge is 0.370 e. The first-order valence-electron chi connectivity index (χ1n) is 9.55. The number of carbonyl (C=O) groups is 1. The predicted octanol–water partition coefficient (Wildman–Crippen LogP) is 6.54. The van der Waals surface area contributed by atoms with E-state index in [-0.39, 0.29) is 5.91 Å². The number of carbonyl (C=O) groups excluding carboxylic acids is 1. The zero-order valence-electron chi connectivity index (χ0n) is 15.2. The molecule has 0 radical (unpaired) electrons. The normalized spacial score (nSPS) is 10.0. The number of hydrogen-bond acceptors (Lipinski definition) is 1. The Labute approximate surface area is 139 Å². The maximum absolute atomic E-state index is 10.6. The van der Waals surface area contributed by atoms with Gasteiger partial charge in [-0.25, -0.2) is 0 Å². The van der Waals surface area contributed by atoms with Gasteiger partial charge >= 0.3 is 0 Å². The molecule has 0 aromatic rings. The molecule has 0 aromatic carbocycles. The average Bonchev–Trinajstić information content (AvgIpc) is 2.53. The van der Waals surface area contributed by atoms with Crippen LogP contribution in [0.4, 0.5) is 0 Å². The molecule has 0 saturated heterocycles. The highest BCUT2D eigenvalue weighted by atomic mass is 16.1. The third-order valence-corrected chi connectivity index (χ3v) is 4.03. The van der Waals surface area contributed by atoms with Crippen molar-refractivity contribution in [2.45, 2.75) is 110 Å². The van der Waals surface area contributed by atoms with Crippen molar-refractivity contribution in [3.63, 3.8) is 0 Å². The second kappa shape index (κ2) is 22.5. The minimum Gasteiger partial charge on any atom is -0.370 e. The molecule has 2 N–H and O–H groups in total. The summed E-state index contributed by atoms with van der Waals surface area (Å²) in [4.78, 5) is 10.6. The number of amides is 1. The maximum atomic E-state index is 10.6. The van der Waals surface area contributed by atoms with E-state index in [0.717, 1.165) is 6.42 Å². The quantitative estimate of drug-likeness (QED) is 0.255. The molecule has 0 unspecified atom stereocenters. The van der Waals surface area contributed by atoms with Crippen LogP contribution in [0.25, 0.3) is 0 Å². The first-order chi connectivity index (χ1) is 10.8. The molecule has 22 heavy (non-hydrogen) atoms. The van der Waals surface area contributed by atoms with E-state index in [1.165, 1.54) is 89.9 Å². The van der Waals surface area contributed by atoms with Crippen LogP contribution in [0.5, 0.6) is 0 Å². The number of rotatable bonds is 16. The van der Waals surface area contributed by atoms with Gasteiger partial charge in [0.2, 0.25) is 5.91 Å². The van der Waals surface area contributed by atoms with Gasteiger partial charge in [0.05, 0.1) is 0 Å². The highest BCUT2D eigenvalue weighted by Crippen LogP contribution is 2.13. The molecule has 0 rings (SSSR count). The summed E-state index contributed by atoms with van der Waals surface area (Å²) in [6, 6.07) is 0. The van der Waals surface area contributed by atoms with Crippen molar-refractivity contribution >= 4 is 5.91 Å². The van der Waals surface area contributed by atoms with Crippen LogP contribution in [0.2, 0.25) is 0 Å². The number of nitrogens with two attached hydrogens (primary N) is 1. The topological polar surface area (TPSA) is 43.1 Å². The predicted molar refractivity (Wildman–Crippen MR) is 100.0 cm³/mol. The molecule has 0 aromatic heterocycles. The summed E-state index contributed by atoms with van der Waals surface area (Å²) in [7, 11) is 0. The Morgan fingerprint density at radius 3 is 1.18 bits per heavy atom. The Morgan fingerprint density at radius 1 is 0.636 bits per heavy atom. The minimum absolute atomic E-state index is 0.153. The summed E-state index contributed by atoms with van der Waals surface area (Å²) >= 11 is 0. The lowest BCUT2D eigenvalue weighted by Crippen LogP contribution is -2.09. The Kier molecular flexibility index (Phi) is 24.0. The molecule has 2 nitrogen and oxygen atoms in total. The van der Waals surface area contributed by atoms with Crippen LogP contribution >= 0.6 is 0 Å². The van der Waals surface area contributed by atoms with Gasteiger partial charge in [-0.3, -0.25) is 4.79 Å². The van der Waals surface area contributed by atoms with Gasteiger partial charge in [0, 0.05) is 6.42 Å². The van der Waals surface area contributed by atoms with E-state index in [9.17, 15) is 4.79 Å². The summed E-state index contributed by atoms with van der Waals surface area (Å²) in [6.45, 7) is 8.28. The van der Waals surface area contributed by atoms with E-state index >= 15 is 0 Å². The molecule has 132 valence electrons. The molecule has 1 amide bonds. The highest BCUT2D eigenvalue weighted by molar-refractivity contribution is 5.73. The summed E-state index contributed by atoms with van der Waals surface area (Å²) in [5.41, 5.74) is 5.11. The van der Waals surface area contributed by atoms with Gasteiger partial charge in [0.25, 0.3) is 0 Å². The van der Waals surface area contributed by atoms with Crippen LogP contribution in [0, 0.1) is 0 Å². The van der Waals surface area contributed by atoms with Crippen molar-refractivity contribution in [3.8, 4) is 0 Å². The van der Waals surface area contributed by atoms with Crippen LogP contribution < -0.4 is 5.73 Å². The minimum atomic E-state index is -0.153. The van der Waals surface area contributed by atoms with E-state index in [2.05, 4.69) is 20.1 Å². The van der Waals surface area contributed by atoms with E-state index < -0.39 is 0 Å². The van der Waals surface area contributed by atoms with E-state index in [1.54, 1.807) is 0 Å². The Hall–Kier alpha value is -0.790. The first kappa shape index (κ1) is 23.5. The number of unbranched alkanes of at least 4 members (excludes halogenated alkanes) is 14.